The second kappa shape index (κ2) is 8.81. The topological polar surface area (TPSA) is 84.5 Å². The Kier molecular flexibility index (Phi) is 5.94. The van der Waals surface area contributed by atoms with Crippen molar-refractivity contribution in [2.45, 2.75) is 6.54 Å². The molecule has 3 aromatic rings. The van der Waals surface area contributed by atoms with Crippen molar-refractivity contribution in [3.05, 3.63) is 63.4 Å². The van der Waals surface area contributed by atoms with Crippen LogP contribution in [0.3, 0.4) is 0 Å². The van der Waals surface area contributed by atoms with Gasteiger partial charge in [0.25, 0.3) is 5.56 Å². The highest BCUT2D eigenvalue weighted by molar-refractivity contribution is 5.80. The molecule has 0 unspecified atom stereocenters. The normalized spacial score (nSPS) is 14.8. The van der Waals surface area contributed by atoms with Crippen LogP contribution < -0.4 is 21.5 Å². The fraction of sp³-hybridized carbons (Fsp3) is 0.409. The number of anilines is 1. The maximum Gasteiger partial charge on any atom is 0.332 e. The van der Waals surface area contributed by atoms with Crippen LogP contribution in [0.2, 0.25) is 0 Å². The molecule has 2 aromatic heterocycles. The number of hydrogen-bond donors (Lipinski definition) is 1. The van der Waals surface area contributed by atoms with Gasteiger partial charge in [0.2, 0.25) is 5.91 Å². The van der Waals surface area contributed by atoms with E-state index in [2.05, 4.69) is 39.4 Å². The molecular weight excluding hydrogens is 396 g/mol. The third-order valence-electron chi connectivity index (χ3n) is 5.92. The summed E-state index contributed by atoms with van der Waals surface area (Å²) >= 11 is 0. The summed E-state index contributed by atoms with van der Waals surface area (Å²) in [6.45, 7) is 5.26. The summed E-state index contributed by atoms with van der Waals surface area (Å²) in [5, 5.41) is 3.37. The molecule has 164 valence electrons. The van der Waals surface area contributed by atoms with Gasteiger partial charge in [-0.25, -0.2) is 4.79 Å². The van der Waals surface area contributed by atoms with Crippen LogP contribution in [-0.2, 0) is 25.4 Å². The van der Waals surface area contributed by atoms with Gasteiger partial charge in [0.1, 0.15) is 12.2 Å². The number of carbonyl (C=O) groups is 1. The van der Waals surface area contributed by atoms with E-state index in [0.29, 0.717) is 17.6 Å². The number of aromatic nitrogens is 3. The largest absolute Gasteiger partial charge is 0.369 e. The van der Waals surface area contributed by atoms with Gasteiger partial charge in [-0.3, -0.25) is 23.6 Å². The van der Waals surface area contributed by atoms with Gasteiger partial charge >= 0.3 is 5.69 Å². The highest BCUT2D eigenvalue weighted by Gasteiger charge is 2.17. The van der Waals surface area contributed by atoms with Crippen molar-refractivity contribution < 1.29 is 4.79 Å². The van der Waals surface area contributed by atoms with Crippen LogP contribution in [0, 0.1) is 0 Å². The molecule has 4 rings (SSSR count). The number of nitrogens with zero attached hydrogens (tertiary/aromatic N) is 5. The fourth-order valence-electron chi connectivity index (χ4n) is 4.15. The van der Waals surface area contributed by atoms with Gasteiger partial charge in [-0.1, -0.05) is 18.2 Å². The first-order valence-corrected chi connectivity index (χ1v) is 10.5. The summed E-state index contributed by atoms with van der Waals surface area (Å²) in [5.41, 5.74) is 0.943. The molecule has 1 aliphatic rings. The van der Waals surface area contributed by atoms with Crippen molar-refractivity contribution in [2.75, 3.05) is 44.2 Å². The van der Waals surface area contributed by atoms with Gasteiger partial charge in [-0.15, -0.1) is 0 Å². The summed E-state index contributed by atoms with van der Waals surface area (Å²) in [7, 11) is 3.06. The average Bonchev–Trinajstić information content (AvgIpc) is 3.21. The van der Waals surface area contributed by atoms with Crippen LogP contribution in [0.1, 0.15) is 0 Å². The quantitative estimate of drug-likeness (QED) is 0.601. The van der Waals surface area contributed by atoms with Crippen LogP contribution in [0.4, 0.5) is 5.69 Å². The van der Waals surface area contributed by atoms with E-state index in [0.717, 1.165) is 37.3 Å². The van der Waals surface area contributed by atoms with Gasteiger partial charge < -0.3 is 14.8 Å². The average molecular weight is 425 g/mol. The Balaban J connectivity index is 1.29. The van der Waals surface area contributed by atoms with Gasteiger partial charge in [0.05, 0.1) is 5.39 Å². The molecule has 3 heterocycles. The van der Waals surface area contributed by atoms with Crippen molar-refractivity contribution in [3.63, 3.8) is 0 Å². The Hall–Kier alpha value is -3.33. The Morgan fingerprint density at radius 2 is 1.68 bits per heavy atom. The second-order valence-corrected chi connectivity index (χ2v) is 7.90. The molecule has 1 N–H and O–H groups in total. The van der Waals surface area contributed by atoms with E-state index < -0.39 is 5.69 Å². The van der Waals surface area contributed by atoms with Crippen molar-refractivity contribution in [1.82, 2.24) is 23.9 Å². The molecule has 0 aliphatic carbocycles. The number of rotatable bonds is 6. The summed E-state index contributed by atoms with van der Waals surface area (Å²) in [4.78, 5) is 41.7. The minimum Gasteiger partial charge on any atom is -0.369 e. The van der Waals surface area contributed by atoms with E-state index in [1.807, 2.05) is 6.07 Å². The Morgan fingerprint density at radius 1 is 0.968 bits per heavy atom. The molecule has 0 saturated carbocycles. The number of hydrogen-bond acceptors (Lipinski definition) is 5. The first-order valence-electron chi connectivity index (χ1n) is 10.5. The van der Waals surface area contributed by atoms with E-state index >= 15 is 0 Å². The van der Waals surface area contributed by atoms with Gasteiger partial charge in [0.15, 0.2) is 0 Å². The molecule has 0 spiro atoms. The lowest BCUT2D eigenvalue weighted by Gasteiger charge is -2.36. The second-order valence-electron chi connectivity index (χ2n) is 7.90. The number of fused-ring (bicyclic) bond motifs is 1. The standard InChI is InChI=1S/C22H28N6O3/c1-24-20-18(21(30)25(2)22(24)31)8-10-28(20)16-19(29)23-9-11-26-12-14-27(15-13-26)17-6-4-3-5-7-17/h3-8,10H,9,11-16H2,1-2H3,(H,23,29). The molecule has 0 atom stereocenters. The monoisotopic (exact) mass is 424 g/mol. The van der Waals surface area contributed by atoms with E-state index in [-0.39, 0.29) is 18.0 Å². The van der Waals surface area contributed by atoms with Crippen molar-refractivity contribution >= 4 is 22.6 Å². The van der Waals surface area contributed by atoms with Crippen LogP contribution >= 0.6 is 0 Å². The first-order chi connectivity index (χ1) is 15.0. The zero-order chi connectivity index (χ0) is 22.0. The smallest absolute Gasteiger partial charge is 0.332 e. The summed E-state index contributed by atoms with van der Waals surface area (Å²) in [5.74, 6) is -0.145. The van der Waals surface area contributed by atoms with E-state index in [1.165, 1.54) is 17.3 Å². The molecule has 0 bridgehead atoms. The highest BCUT2D eigenvalue weighted by Crippen LogP contribution is 2.15. The molecule has 9 heteroatoms. The SMILES string of the molecule is Cn1c(=O)c2ccn(CC(=O)NCCN3CCN(c4ccccc4)CC3)c2n(C)c1=O. The third kappa shape index (κ3) is 4.27. The molecular formula is C22H28N6O3. The minimum atomic E-state index is -0.410. The highest BCUT2D eigenvalue weighted by atomic mass is 16.2. The van der Waals surface area contributed by atoms with Crippen molar-refractivity contribution in [3.8, 4) is 0 Å². The van der Waals surface area contributed by atoms with Crippen LogP contribution in [0.5, 0.6) is 0 Å². The van der Waals surface area contributed by atoms with Crippen molar-refractivity contribution in [2.24, 2.45) is 14.1 Å². The predicted octanol–water partition coefficient (Wildman–Crippen LogP) is -0.0229. The fourth-order valence-corrected chi connectivity index (χ4v) is 4.15. The Labute approximate surface area is 180 Å². The van der Waals surface area contributed by atoms with Crippen LogP contribution in [-0.4, -0.2) is 63.8 Å². The minimum absolute atomic E-state index is 0.0612. The Morgan fingerprint density at radius 3 is 2.39 bits per heavy atom. The lowest BCUT2D eigenvalue weighted by molar-refractivity contribution is -0.121. The molecule has 1 saturated heterocycles. The van der Waals surface area contributed by atoms with Crippen LogP contribution in [0.15, 0.2) is 52.2 Å². The summed E-state index contributed by atoms with van der Waals surface area (Å²) < 4.78 is 4.12. The van der Waals surface area contributed by atoms with Gasteiger partial charge in [-0.05, 0) is 18.2 Å². The maximum atomic E-state index is 12.5. The third-order valence-corrected chi connectivity index (χ3v) is 5.92. The van der Waals surface area contributed by atoms with Gasteiger partial charge in [-0.2, -0.15) is 0 Å². The van der Waals surface area contributed by atoms with E-state index in [9.17, 15) is 14.4 Å². The lowest BCUT2D eigenvalue weighted by atomic mass is 10.2. The Bertz CT molecular complexity index is 1190. The summed E-state index contributed by atoms with van der Waals surface area (Å²) in [6.07, 6.45) is 1.67. The molecule has 31 heavy (non-hydrogen) atoms. The predicted molar refractivity (Wildman–Crippen MR) is 121 cm³/mol. The molecule has 1 amide bonds. The molecule has 1 fully saturated rings. The zero-order valence-electron chi connectivity index (χ0n) is 18.0. The zero-order valence-corrected chi connectivity index (χ0v) is 18.0. The van der Waals surface area contributed by atoms with E-state index in [4.69, 9.17) is 0 Å². The lowest BCUT2D eigenvalue weighted by Crippen LogP contribution is -2.48. The molecule has 9 nitrogen and oxygen atoms in total. The molecule has 0 radical (unpaired) electrons. The maximum absolute atomic E-state index is 12.5. The first kappa shape index (κ1) is 20.9. The number of carbonyl (C=O) groups excluding carboxylic acids is 1. The van der Waals surface area contributed by atoms with Crippen LogP contribution in [0.25, 0.3) is 11.0 Å². The number of para-hydroxylation sites is 1. The number of aryl methyl sites for hydroxylation is 1. The van der Waals surface area contributed by atoms with Crippen molar-refractivity contribution in [1.29, 1.82) is 0 Å². The number of piperazine rings is 1. The number of amides is 1. The van der Waals surface area contributed by atoms with Gasteiger partial charge in [0, 0.05) is 65.2 Å². The molecule has 1 aromatic carbocycles. The molecule has 1 aliphatic heterocycles. The van der Waals surface area contributed by atoms with E-state index in [1.54, 1.807) is 23.9 Å². The number of benzene rings is 1. The summed E-state index contributed by atoms with van der Waals surface area (Å²) in [6, 6.07) is 12.1. The number of nitrogens with one attached hydrogen (secondary N) is 1.